The molecule has 9 heteroatoms. The van der Waals surface area contributed by atoms with Crippen LogP contribution in [0.2, 0.25) is 0 Å². The minimum Gasteiger partial charge on any atom is -0.451 e. The van der Waals surface area contributed by atoms with Gasteiger partial charge >= 0.3 is 12.0 Å². The molecular formula is C18H21N5O4. The first-order valence-electron chi connectivity index (χ1n) is 8.26. The number of aromatic nitrogens is 2. The number of amides is 3. The molecule has 1 atom stereocenters. The molecule has 1 heterocycles. The van der Waals surface area contributed by atoms with Crippen LogP contribution in [-0.4, -0.2) is 47.6 Å². The van der Waals surface area contributed by atoms with Gasteiger partial charge in [-0.2, -0.15) is 0 Å². The van der Waals surface area contributed by atoms with Crippen molar-refractivity contribution < 1.29 is 19.1 Å². The summed E-state index contributed by atoms with van der Waals surface area (Å²) in [5.74, 6) is -1.00. The Hall–Kier alpha value is -3.49. The Bertz CT molecular complexity index is 770. The largest absolute Gasteiger partial charge is 0.451 e. The van der Waals surface area contributed by atoms with E-state index in [1.165, 1.54) is 11.8 Å². The zero-order valence-corrected chi connectivity index (χ0v) is 15.1. The Morgan fingerprint density at radius 3 is 2.44 bits per heavy atom. The van der Waals surface area contributed by atoms with Gasteiger partial charge in [0.15, 0.2) is 6.10 Å². The summed E-state index contributed by atoms with van der Waals surface area (Å²) in [4.78, 5) is 45.2. The first-order valence-corrected chi connectivity index (χ1v) is 8.26. The lowest BCUT2D eigenvalue weighted by Gasteiger charge is -2.18. The van der Waals surface area contributed by atoms with Crippen LogP contribution in [0.5, 0.6) is 0 Å². The van der Waals surface area contributed by atoms with Gasteiger partial charge in [-0.15, -0.1) is 0 Å². The van der Waals surface area contributed by atoms with Crippen molar-refractivity contribution in [2.24, 2.45) is 0 Å². The van der Waals surface area contributed by atoms with Gasteiger partial charge in [-0.05, 0) is 18.6 Å². The normalized spacial score (nSPS) is 11.2. The summed E-state index contributed by atoms with van der Waals surface area (Å²) in [7, 11) is 1.62. The van der Waals surface area contributed by atoms with Crippen molar-refractivity contribution in [1.82, 2.24) is 20.6 Å². The molecule has 0 aliphatic carbocycles. The molecule has 0 spiro atoms. The number of rotatable bonds is 7. The SMILES string of the molecule is C[C@@H](OC(=O)CN(C)c1ncccn1)C(=O)NC(=O)NCc1ccccc1. The standard InChI is InChI=1S/C18H21N5O4/c1-13(27-15(24)12-23(2)17-19-9-6-10-20-17)16(25)22-18(26)21-11-14-7-4-3-5-8-14/h3-10,13H,11-12H2,1-2H3,(H2,21,22,25,26)/t13-/m1/s1. The van der Waals surface area contributed by atoms with Crippen LogP contribution in [0, 0.1) is 0 Å². The van der Waals surface area contributed by atoms with E-state index < -0.39 is 24.0 Å². The lowest BCUT2D eigenvalue weighted by Crippen LogP contribution is -2.45. The molecule has 2 N–H and O–H groups in total. The molecule has 0 unspecified atom stereocenters. The maximum Gasteiger partial charge on any atom is 0.326 e. The second kappa shape index (κ2) is 9.85. The van der Waals surface area contributed by atoms with Gasteiger partial charge < -0.3 is 15.0 Å². The van der Waals surface area contributed by atoms with E-state index >= 15 is 0 Å². The smallest absolute Gasteiger partial charge is 0.326 e. The van der Waals surface area contributed by atoms with Gasteiger partial charge in [0.05, 0.1) is 0 Å². The second-order valence-electron chi connectivity index (χ2n) is 5.69. The Morgan fingerprint density at radius 2 is 1.78 bits per heavy atom. The maximum absolute atomic E-state index is 12.0. The molecule has 0 saturated carbocycles. The van der Waals surface area contributed by atoms with Gasteiger partial charge in [0.25, 0.3) is 5.91 Å². The summed E-state index contributed by atoms with van der Waals surface area (Å²) in [6.07, 6.45) is 1.98. The molecular weight excluding hydrogens is 350 g/mol. The van der Waals surface area contributed by atoms with Gasteiger partial charge in [0.2, 0.25) is 5.95 Å². The summed E-state index contributed by atoms with van der Waals surface area (Å²) >= 11 is 0. The molecule has 2 aromatic rings. The first kappa shape index (κ1) is 19.8. The molecule has 0 bridgehead atoms. The van der Waals surface area contributed by atoms with Crippen LogP contribution in [0.25, 0.3) is 0 Å². The van der Waals surface area contributed by atoms with Gasteiger partial charge in [-0.25, -0.2) is 14.8 Å². The fourth-order valence-electron chi connectivity index (χ4n) is 2.08. The highest BCUT2D eigenvalue weighted by molar-refractivity contribution is 5.97. The predicted molar refractivity (Wildman–Crippen MR) is 97.7 cm³/mol. The Labute approximate surface area is 156 Å². The minimum atomic E-state index is -1.12. The number of hydrogen-bond acceptors (Lipinski definition) is 7. The lowest BCUT2D eigenvalue weighted by atomic mass is 10.2. The van der Waals surface area contributed by atoms with Crippen molar-refractivity contribution in [1.29, 1.82) is 0 Å². The summed E-state index contributed by atoms with van der Waals surface area (Å²) in [6, 6.07) is 10.2. The van der Waals surface area contributed by atoms with Gasteiger partial charge in [-0.3, -0.25) is 14.9 Å². The van der Waals surface area contributed by atoms with E-state index in [9.17, 15) is 14.4 Å². The van der Waals surface area contributed by atoms with Crippen molar-refractivity contribution in [2.75, 3.05) is 18.5 Å². The highest BCUT2D eigenvalue weighted by Crippen LogP contribution is 2.03. The van der Waals surface area contributed by atoms with E-state index in [-0.39, 0.29) is 13.1 Å². The molecule has 9 nitrogen and oxygen atoms in total. The third kappa shape index (κ3) is 6.73. The lowest BCUT2D eigenvalue weighted by molar-refractivity contribution is -0.153. The number of likely N-dealkylation sites (N-methyl/N-ethyl adjacent to an activating group) is 1. The highest BCUT2D eigenvalue weighted by Gasteiger charge is 2.21. The van der Waals surface area contributed by atoms with E-state index in [1.54, 1.807) is 25.5 Å². The van der Waals surface area contributed by atoms with Crippen LogP contribution >= 0.6 is 0 Å². The molecule has 0 saturated heterocycles. The maximum atomic E-state index is 12.0. The van der Waals surface area contributed by atoms with Crippen molar-refractivity contribution >= 4 is 23.9 Å². The van der Waals surface area contributed by atoms with Crippen molar-refractivity contribution in [3.63, 3.8) is 0 Å². The molecule has 3 amide bonds. The number of urea groups is 1. The van der Waals surface area contributed by atoms with E-state index in [2.05, 4.69) is 20.6 Å². The molecule has 0 fully saturated rings. The van der Waals surface area contributed by atoms with Crippen LogP contribution in [-0.2, 0) is 20.9 Å². The van der Waals surface area contributed by atoms with Crippen LogP contribution < -0.4 is 15.5 Å². The molecule has 142 valence electrons. The van der Waals surface area contributed by atoms with Gasteiger partial charge in [-0.1, -0.05) is 30.3 Å². The number of imide groups is 1. The Kier molecular flexibility index (Phi) is 7.24. The summed E-state index contributed by atoms with van der Waals surface area (Å²) in [5, 5.41) is 4.69. The van der Waals surface area contributed by atoms with Gasteiger partial charge in [0.1, 0.15) is 6.54 Å². The number of esters is 1. The van der Waals surface area contributed by atoms with Gasteiger partial charge in [0, 0.05) is 26.0 Å². The molecule has 1 aromatic heterocycles. The number of hydrogen-bond donors (Lipinski definition) is 2. The fourth-order valence-corrected chi connectivity index (χ4v) is 2.08. The van der Waals surface area contributed by atoms with Crippen molar-refractivity contribution in [3.8, 4) is 0 Å². The first-order chi connectivity index (χ1) is 13.0. The number of anilines is 1. The van der Waals surface area contributed by atoms with Crippen LogP contribution in [0.1, 0.15) is 12.5 Å². The average Bonchev–Trinajstić information content (AvgIpc) is 2.67. The van der Waals surface area contributed by atoms with E-state index in [1.807, 2.05) is 30.3 Å². The third-order valence-corrected chi connectivity index (χ3v) is 3.47. The number of carbonyl (C=O) groups excluding carboxylic acids is 3. The number of nitrogens with one attached hydrogen (secondary N) is 2. The zero-order chi connectivity index (χ0) is 19.6. The Morgan fingerprint density at radius 1 is 1.11 bits per heavy atom. The van der Waals surface area contributed by atoms with E-state index in [4.69, 9.17) is 4.74 Å². The molecule has 27 heavy (non-hydrogen) atoms. The number of nitrogens with zero attached hydrogens (tertiary/aromatic N) is 3. The zero-order valence-electron chi connectivity index (χ0n) is 15.1. The van der Waals surface area contributed by atoms with Crippen molar-refractivity contribution in [3.05, 3.63) is 54.4 Å². The number of carbonyl (C=O) groups is 3. The molecule has 1 aromatic carbocycles. The summed E-state index contributed by atoms with van der Waals surface area (Å²) < 4.78 is 5.04. The molecule has 0 aliphatic rings. The van der Waals surface area contributed by atoms with E-state index in [0.717, 1.165) is 5.56 Å². The summed E-state index contributed by atoms with van der Waals surface area (Å²) in [5.41, 5.74) is 0.894. The molecule has 0 aliphatic heterocycles. The number of ether oxygens (including phenoxy) is 1. The molecule has 2 rings (SSSR count). The second-order valence-corrected chi connectivity index (χ2v) is 5.69. The topological polar surface area (TPSA) is 114 Å². The van der Waals surface area contributed by atoms with Crippen LogP contribution in [0.4, 0.5) is 10.7 Å². The van der Waals surface area contributed by atoms with E-state index in [0.29, 0.717) is 5.95 Å². The average molecular weight is 371 g/mol. The van der Waals surface area contributed by atoms with Crippen LogP contribution in [0.3, 0.4) is 0 Å². The third-order valence-electron chi connectivity index (χ3n) is 3.47. The highest BCUT2D eigenvalue weighted by atomic mass is 16.5. The van der Waals surface area contributed by atoms with Crippen molar-refractivity contribution in [2.45, 2.75) is 19.6 Å². The summed E-state index contributed by atoms with van der Waals surface area (Å²) in [6.45, 7) is 1.52. The van der Waals surface area contributed by atoms with Crippen LogP contribution in [0.15, 0.2) is 48.8 Å². The fraction of sp³-hybridized carbons (Fsp3) is 0.278. The minimum absolute atomic E-state index is 0.137. The Balaban J connectivity index is 1.74. The predicted octanol–water partition coefficient (Wildman–Crippen LogP) is 0.871. The monoisotopic (exact) mass is 371 g/mol. The number of benzene rings is 1. The molecule has 0 radical (unpaired) electrons. The quantitative estimate of drug-likeness (QED) is 0.694.